The van der Waals surface area contributed by atoms with Crippen molar-refractivity contribution in [3.63, 3.8) is 0 Å². The Labute approximate surface area is 172 Å². The van der Waals surface area contributed by atoms with E-state index in [9.17, 15) is 19.5 Å². The molecular formula is C18H12BrClN2O4S. The highest BCUT2D eigenvalue weighted by Crippen LogP contribution is 2.37. The molecule has 2 N–H and O–H groups in total. The van der Waals surface area contributed by atoms with Crippen LogP contribution < -0.4 is 5.32 Å². The van der Waals surface area contributed by atoms with E-state index in [0.29, 0.717) is 26.9 Å². The van der Waals surface area contributed by atoms with Gasteiger partial charge in [0, 0.05) is 16.3 Å². The Morgan fingerprint density at radius 2 is 1.96 bits per heavy atom. The second-order valence-corrected chi connectivity index (χ2v) is 7.79. The number of halogens is 2. The SMILES string of the molecule is O=C(CN1C(=O)S/C(=C\c2cc(Cl)cc(Br)c2O)C1=O)Nc1ccccc1. The van der Waals surface area contributed by atoms with Crippen molar-refractivity contribution in [3.8, 4) is 5.75 Å². The first kappa shape index (κ1) is 19.5. The van der Waals surface area contributed by atoms with Crippen LogP contribution in [-0.4, -0.2) is 33.6 Å². The number of nitrogens with one attached hydrogen (secondary N) is 1. The number of amides is 3. The summed E-state index contributed by atoms with van der Waals surface area (Å²) in [5.41, 5.74) is 0.854. The lowest BCUT2D eigenvalue weighted by Crippen LogP contribution is -2.36. The Morgan fingerprint density at radius 1 is 1.26 bits per heavy atom. The molecule has 138 valence electrons. The molecule has 0 aromatic heterocycles. The van der Waals surface area contributed by atoms with Gasteiger partial charge in [0.1, 0.15) is 12.3 Å². The molecule has 0 unspecified atom stereocenters. The molecule has 6 nitrogen and oxygen atoms in total. The van der Waals surface area contributed by atoms with Crippen LogP contribution >= 0.6 is 39.3 Å². The van der Waals surface area contributed by atoms with Crippen LogP contribution in [0.15, 0.2) is 51.8 Å². The summed E-state index contributed by atoms with van der Waals surface area (Å²) in [6.07, 6.45) is 1.37. The second kappa shape index (κ2) is 8.16. The number of phenols is 1. The summed E-state index contributed by atoms with van der Waals surface area (Å²) < 4.78 is 0.364. The molecule has 27 heavy (non-hydrogen) atoms. The molecule has 0 radical (unpaired) electrons. The zero-order chi connectivity index (χ0) is 19.6. The molecule has 0 saturated carbocycles. The van der Waals surface area contributed by atoms with Crippen LogP contribution in [0.4, 0.5) is 10.5 Å². The van der Waals surface area contributed by atoms with Crippen molar-refractivity contribution in [1.29, 1.82) is 0 Å². The van der Waals surface area contributed by atoms with Gasteiger partial charge in [-0.15, -0.1) is 0 Å². The van der Waals surface area contributed by atoms with Gasteiger partial charge in [0.05, 0.1) is 9.38 Å². The van der Waals surface area contributed by atoms with E-state index in [1.165, 1.54) is 18.2 Å². The molecule has 1 aliphatic heterocycles. The van der Waals surface area contributed by atoms with Gasteiger partial charge >= 0.3 is 0 Å². The third-order valence-corrected chi connectivity index (χ3v) is 5.31. The Hall–Kier alpha value is -2.29. The Morgan fingerprint density at radius 3 is 2.67 bits per heavy atom. The zero-order valence-electron chi connectivity index (χ0n) is 13.6. The maximum atomic E-state index is 12.5. The van der Waals surface area contributed by atoms with Crippen LogP contribution in [0.5, 0.6) is 5.75 Å². The predicted molar refractivity (Wildman–Crippen MR) is 109 cm³/mol. The summed E-state index contributed by atoms with van der Waals surface area (Å²) in [7, 11) is 0. The highest BCUT2D eigenvalue weighted by molar-refractivity contribution is 9.10. The molecule has 3 amide bonds. The number of anilines is 1. The van der Waals surface area contributed by atoms with E-state index in [1.54, 1.807) is 30.3 Å². The minimum Gasteiger partial charge on any atom is -0.506 e. The van der Waals surface area contributed by atoms with Crippen LogP contribution in [0, 0.1) is 0 Å². The summed E-state index contributed by atoms with van der Waals surface area (Å²) in [6, 6.07) is 11.7. The van der Waals surface area contributed by atoms with Crippen molar-refractivity contribution < 1.29 is 19.5 Å². The fourth-order valence-corrected chi connectivity index (χ4v) is 4.00. The van der Waals surface area contributed by atoms with Crippen molar-refractivity contribution >= 4 is 68.1 Å². The van der Waals surface area contributed by atoms with E-state index >= 15 is 0 Å². The molecule has 1 fully saturated rings. The predicted octanol–water partition coefficient (Wildman–Crippen LogP) is 4.48. The highest BCUT2D eigenvalue weighted by Gasteiger charge is 2.36. The van der Waals surface area contributed by atoms with Gasteiger partial charge in [-0.2, -0.15) is 0 Å². The third-order valence-electron chi connectivity index (χ3n) is 3.58. The average Bonchev–Trinajstić information content (AvgIpc) is 2.87. The number of para-hydroxylation sites is 1. The van der Waals surface area contributed by atoms with Crippen molar-refractivity contribution in [2.24, 2.45) is 0 Å². The van der Waals surface area contributed by atoms with Crippen LogP contribution in [-0.2, 0) is 9.59 Å². The number of rotatable bonds is 4. The minimum atomic E-state index is -0.608. The summed E-state index contributed by atoms with van der Waals surface area (Å²) in [6.45, 7) is -0.401. The fourth-order valence-electron chi connectivity index (χ4n) is 2.34. The highest BCUT2D eigenvalue weighted by atomic mass is 79.9. The van der Waals surface area contributed by atoms with Crippen molar-refractivity contribution in [2.45, 2.75) is 0 Å². The molecule has 0 bridgehead atoms. The molecular weight excluding hydrogens is 456 g/mol. The number of carbonyl (C=O) groups is 3. The number of imide groups is 1. The van der Waals surface area contributed by atoms with Gasteiger partial charge in [0.2, 0.25) is 5.91 Å². The maximum absolute atomic E-state index is 12.5. The Kier molecular flexibility index (Phi) is 5.88. The van der Waals surface area contributed by atoms with Gasteiger partial charge in [-0.25, -0.2) is 0 Å². The first-order chi connectivity index (χ1) is 12.8. The van der Waals surface area contributed by atoms with E-state index < -0.39 is 23.6 Å². The molecule has 0 spiro atoms. The van der Waals surface area contributed by atoms with Crippen LogP contribution in [0.3, 0.4) is 0 Å². The third kappa shape index (κ3) is 4.52. The fraction of sp³-hybridized carbons (Fsp3) is 0.0556. The average molecular weight is 468 g/mol. The molecule has 1 saturated heterocycles. The van der Waals surface area contributed by atoms with Gasteiger partial charge in [0.25, 0.3) is 11.1 Å². The van der Waals surface area contributed by atoms with Gasteiger partial charge in [-0.05, 0) is 58.0 Å². The number of benzene rings is 2. The molecule has 2 aromatic rings. The van der Waals surface area contributed by atoms with Gasteiger partial charge in [-0.3, -0.25) is 19.3 Å². The number of carbonyl (C=O) groups excluding carboxylic acids is 3. The van der Waals surface area contributed by atoms with Crippen LogP contribution in [0.2, 0.25) is 5.02 Å². The van der Waals surface area contributed by atoms with Crippen molar-refractivity contribution in [2.75, 3.05) is 11.9 Å². The second-order valence-electron chi connectivity index (χ2n) is 5.51. The van der Waals surface area contributed by atoms with Crippen molar-refractivity contribution in [1.82, 2.24) is 4.90 Å². The van der Waals surface area contributed by atoms with Crippen LogP contribution in [0.1, 0.15) is 5.56 Å². The standard InChI is InChI=1S/C18H12BrClN2O4S/c19-13-8-11(20)6-10(16(13)24)7-14-17(25)22(18(26)27-14)9-15(23)21-12-4-2-1-3-5-12/h1-8,24H,9H2,(H,21,23)/b14-7-. The normalized spacial score (nSPS) is 15.5. The van der Waals surface area contributed by atoms with Crippen LogP contribution in [0.25, 0.3) is 6.08 Å². The molecule has 3 rings (SSSR count). The van der Waals surface area contributed by atoms with Gasteiger partial charge in [-0.1, -0.05) is 29.8 Å². The quantitative estimate of drug-likeness (QED) is 0.647. The molecule has 9 heteroatoms. The van der Waals surface area contributed by atoms with E-state index in [1.807, 2.05) is 0 Å². The van der Waals surface area contributed by atoms with E-state index in [0.717, 1.165) is 4.90 Å². The van der Waals surface area contributed by atoms with E-state index in [4.69, 9.17) is 11.6 Å². The van der Waals surface area contributed by atoms with E-state index in [-0.39, 0.29) is 16.2 Å². The number of nitrogens with zero attached hydrogens (tertiary/aromatic N) is 1. The number of hydrogen-bond donors (Lipinski definition) is 2. The first-order valence-corrected chi connectivity index (χ1v) is 9.62. The maximum Gasteiger partial charge on any atom is 0.294 e. The molecule has 1 heterocycles. The molecule has 2 aromatic carbocycles. The number of thioether (sulfide) groups is 1. The summed E-state index contributed by atoms with van der Waals surface area (Å²) in [4.78, 5) is 37.7. The number of aromatic hydroxyl groups is 1. The Bertz CT molecular complexity index is 965. The zero-order valence-corrected chi connectivity index (χ0v) is 16.8. The topological polar surface area (TPSA) is 86.7 Å². The summed E-state index contributed by atoms with van der Waals surface area (Å²) in [5, 5.41) is 12.5. The number of phenolic OH excluding ortho intramolecular Hbond substituents is 1. The van der Waals surface area contributed by atoms with Crippen molar-refractivity contribution in [3.05, 3.63) is 62.4 Å². The smallest absolute Gasteiger partial charge is 0.294 e. The molecule has 0 atom stereocenters. The lowest BCUT2D eigenvalue weighted by molar-refractivity contribution is -0.127. The lowest BCUT2D eigenvalue weighted by Gasteiger charge is -2.12. The summed E-state index contributed by atoms with van der Waals surface area (Å²) in [5.74, 6) is -1.20. The van der Waals surface area contributed by atoms with E-state index in [2.05, 4.69) is 21.2 Å². The monoisotopic (exact) mass is 466 g/mol. The molecule has 1 aliphatic rings. The summed E-state index contributed by atoms with van der Waals surface area (Å²) >= 11 is 9.81. The largest absolute Gasteiger partial charge is 0.506 e. The lowest BCUT2D eigenvalue weighted by atomic mass is 10.2. The first-order valence-electron chi connectivity index (χ1n) is 7.63. The minimum absolute atomic E-state index is 0.0944. The number of hydrogen-bond acceptors (Lipinski definition) is 5. The Balaban J connectivity index is 1.76. The van der Waals surface area contributed by atoms with Gasteiger partial charge < -0.3 is 10.4 Å². The van der Waals surface area contributed by atoms with Gasteiger partial charge in [0.15, 0.2) is 0 Å². The molecule has 0 aliphatic carbocycles.